The number of ether oxygens (including phenoxy) is 4. The fourth-order valence-corrected chi connectivity index (χ4v) is 10.8. The molecular weight excluding hydrogens is 729 g/mol. The van der Waals surface area contributed by atoms with E-state index in [0.717, 1.165) is 80.4 Å². The first-order valence-electron chi connectivity index (χ1n) is 19.1. The molecule has 1 heterocycles. The van der Waals surface area contributed by atoms with Crippen LogP contribution in [0.2, 0.25) is 0 Å². The number of fused-ring (bicyclic) bond motifs is 16. The molecular formula is C50H44O4S2. The zero-order chi connectivity index (χ0) is 38.2. The van der Waals surface area contributed by atoms with E-state index in [4.69, 9.17) is 18.9 Å². The molecule has 9 rings (SSSR count). The van der Waals surface area contributed by atoms with Gasteiger partial charge in [-0.25, -0.2) is 0 Å². The summed E-state index contributed by atoms with van der Waals surface area (Å²) < 4.78 is 24.8. The molecule has 280 valence electrons. The van der Waals surface area contributed by atoms with Crippen molar-refractivity contribution in [2.75, 3.05) is 28.4 Å². The van der Waals surface area contributed by atoms with Crippen molar-refractivity contribution in [1.82, 2.24) is 0 Å². The monoisotopic (exact) mass is 772 g/mol. The lowest BCUT2D eigenvalue weighted by atomic mass is 9.91. The molecule has 0 N–H and O–H groups in total. The van der Waals surface area contributed by atoms with Crippen molar-refractivity contribution in [2.24, 2.45) is 0 Å². The maximum Gasteiger partial charge on any atom is 0.130 e. The van der Waals surface area contributed by atoms with E-state index in [9.17, 15) is 0 Å². The molecule has 0 saturated heterocycles. The number of thioether (sulfide) groups is 2. The van der Waals surface area contributed by atoms with Crippen LogP contribution in [0.3, 0.4) is 0 Å². The van der Waals surface area contributed by atoms with E-state index >= 15 is 0 Å². The third-order valence-corrected chi connectivity index (χ3v) is 13.3. The molecule has 0 fully saturated rings. The van der Waals surface area contributed by atoms with Gasteiger partial charge in [0.05, 0.1) is 28.4 Å². The molecule has 0 radical (unpaired) electrons. The lowest BCUT2D eigenvalue weighted by molar-refractivity contribution is 0.416. The van der Waals surface area contributed by atoms with Crippen molar-refractivity contribution in [3.8, 4) is 23.0 Å². The minimum Gasteiger partial charge on any atom is -0.496 e. The molecule has 0 unspecified atom stereocenters. The quantitative estimate of drug-likeness (QED) is 0.177. The van der Waals surface area contributed by atoms with Crippen LogP contribution < -0.4 is 18.9 Å². The summed E-state index contributed by atoms with van der Waals surface area (Å²) in [6, 6.07) is 44.2. The van der Waals surface area contributed by atoms with Gasteiger partial charge in [0.25, 0.3) is 0 Å². The van der Waals surface area contributed by atoms with Crippen LogP contribution in [0.15, 0.2) is 121 Å². The number of rotatable bonds is 4. The van der Waals surface area contributed by atoms with Crippen molar-refractivity contribution in [2.45, 2.75) is 35.9 Å². The molecule has 56 heavy (non-hydrogen) atoms. The maximum atomic E-state index is 6.20. The third kappa shape index (κ3) is 6.49. The highest BCUT2D eigenvalue weighted by Crippen LogP contribution is 2.43. The average molecular weight is 773 g/mol. The normalized spacial score (nSPS) is 13.5. The Balaban J connectivity index is 1.25. The van der Waals surface area contributed by atoms with E-state index in [1.54, 1.807) is 28.4 Å². The molecule has 1 aliphatic rings. The van der Waals surface area contributed by atoms with Crippen LogP contribution in [0, 0.1) is 0 Å². The van der Waals surface area contributed by atoms with E-state index in [1.807, 2.05) is 23.5 Å². The second-order valence-corrected chi connectivity index (χ2v) is 16.4. The van der Waals surface area contributed by atoms with E-state index < -0.39 is 0 Å². The first-order valence-corrected chi connectivity index (χ1v) is 21.4. The van der Waals surface area contributed by atoms with Crippen molar-refractivity contribution in [1.29, 1.82) is 0 Å². The number of hydrogen-bond donors (Lipinski definition) is 0. The molecule has 6 heteroatoms. The van der Waals surface area contributed by atoms with Gasteiger partial charge >= 0.3 is 0 Å². The van der Waals surface area contributed by atoms with Crippen molar-refractivity contribution in [3.63, 3.8) is 0 Å². The first-order chi connectivity index (χ1) is 27.6. The molecule has 0 aliphatic carbocycles. The molecule has 4 nitrogen and oxygen atoms in total. The van der Waals surface area contributed by atoms with Crippen LogP contribution in [0.5, 0.6) is 23.0 Å². The molecule has 1 aliphatic heterocycles. The zero-order valence-electron chi connectivity index (χ0n) is 32.2. The highest BCUT2D eigenvalue weighted by atomic mass is 32.2. The second-order valence-electron chi connectivity index (χ2n) is 14.4. The fraction of sp³-hybridized carbons (Fsp3) is 0.200. The molecule has 0 spiro atoms. The largest absolute Gasteiger partial charge is 0.496 e. The predicted octanol–water partition coefficient (Wildman–Crippen LogP) is 12.7. The van der Waals surface area contributed by atoms with Gasteiger partial charge in [0.2, 0.25) is 0 Å². The minimum atomic E-state index is 0.786. The van der Waals surface area contributed by atoms with Crippen LogP contribution in [-0.4, -0.2) is 28.4 Å². The molecule has 8 aromatic carbocycles. The van der Waals surface area contributed by atoms with Crippen molar-refractivity contribution >= 4 is 66.6 Å². The first kappa shape index (κ1) is 36.3. The lowest BCUT2D eigenvalue weighted by Gasteiger charge is -2.20. The Hall–Kier alpha value is -5.30. The maximum absolute atomic E-state index is 6.20. The highest BCUT2D eigenvalue weighted by Gasteiger charge is 2.21. The van der Waals surface area contributed by atoms with E-state index in [1.165, 1.54) is 66.1 Å². The molecule has 0 aromatic heterocycles. The lowest BCUT2D eigenvalue weighted by Crippen LogP contribution is -2.02. The van der Waals surface area contributed by atoms with Gasteiger partial charge in [-0.15, -0.1) is 0 Å². The van der Waals surface area contributed by atoms with Crippen LogP contribution in [0.4, 0.5) is 0 Å². The Bertz CT molecular complexity index is 2400. The number of benzene rings is 8. The summed E-state index contributed by atoms with van der Waals surface area (Å²) in [6.07, 6.45) is 1.57. The highest BCUT2D eigenvalue weighted by molar-refractivity contribution is 7.98. The van der Waals surface area contributed by atoms with Crippen molar-refractivity contribution < 1.29 is 18.9 Å². The Morgan fingerprint density at radius 1 is 0.304 bits per heavy atom. The summed E-state index contributed by atoms with van der Waals surface area (Å²) in [5.74, 6) is 6.98. The predicted molar refractivity (Wildman–Crippen MR) is 238 cm³/mol. The van der Waals surface area contributed by atoms with Crippen LogP contribution >= 0.6 is 23.5 Å². The Morgan fingerprint density at radius 3 is 0.732 bits per heavy atom. The van der Waals surface area contributed by atoms with Gasteiger partial charge in [-0.2, -0.15) is 23.5 Å². The van der Waals surface area contributed by atoms with Gasteiger partial charge < -0.3 is 18.9 Å². The van der Waals surface area contributed by atoms with Crippen LogP contribution in [0.1, 0.15) is 44.5 Å². The molecule has 8 aromatic rings. The van der Waals surface area contributed by atoms with Gasteiger partial charge in [0, 0.05) is 66.8 Å². The van der Waals surface area contributed by atoms with Gasteiger partial charge in [-0.1, -0.05) is 121 Å². The van der Waals surface area contributed by atoms with Crippen LogP contribution in [-0.2, 0) is 35.9 Å². The third-order valence-electron chi connectivity index (χ3n) is 11.2. The summed E-state index contributed by atoms with van der Waals surface area (Å²) in [7, 11) is 7.20. The molecule has 0 amide bonds. The Labute approximate surface area is 337 Å². The molecule has 8 bridgehead atoms. The van der Waals surface area contributed by atoms with E-state index in [0.29, 0.717) is 0 Å². The average Bonchev–Trinajstić information content (AvgIpc) is 3.23. The molecule has 0 saturated carbocycles. The smallest absolute Gasteiger partial charge is 0.130 e. The van der Waals surface area contributed by atoms with Gasteiger partial charge in [-0.3, -0.25) is 0 Å². The Kier molecular flexibility index (Phi) is 10.2. The summed E-state index contributed by atoms with van der Waals surface area (Å²) in [5.41, 5.74) is 9.97. The zero-order valence-corrected chi connectivity index (χ0v) is 33.9. The SMILES string of the molecule is COc1c2cc(c3ccccc13)Cc1cc(c(OC)c3ccccc13)CSCc1cc(c3ccccc3c1OC)Cc1cc(c(OC)c3ccccc13)CSC2. The van der Waals surface area contributed by atoms with E-state index in [-0.39, 0.29) is 0 Å². The van der Waals surface area contributed by atoms with E-state index in [2.05, 4.69) is 121 Å². The summed E-state index contributed by atoms with van der Waals surface area (Å²) in [4.78, 5) is 0. The summed E-state index contributed by atoms with van der Waals surface area (Å²) in [5, 5.41) is 9.45. The standard InChI is InChI=1S/C50H44O4S2/c1-51-47-35-23-31(39-13-5-9-17-43(39)47)21-32-24-37(49(53-3)44-18-10-6-14-40(32)44)29-56-30-38-26-34(42-16-8-12-20-46(42)50(38)54-4)22-33-25-36(28-55-27-35)48(52-2)45-19-11-7-15-41(33)45/h5-20,23-26H,21-22,27-30H2,1-4H3. The van der Waals surface area contributed by atoms with Crippen molar-refractivity contribution in [3.05, 3.63) is 166 Å². The summed E-state index contributed by atoms with van der Waals surface area (Å²) >= 11 is 3.80. The van der Waals surface area contributed by atoms with Crippen LogP contribution in [0.25, 0.3) is 43.1 Å². The number of hydrogen-bond acceptors (Lipinski definition) is 6. The summed E-state index contributed by atoms with van der Waals surface area (Å²) in [6.45, 7) is 0. The Morgan fingerprint density at radius 2 is 0.518 bits per heavy atom. The number of methoxy groups -OCH3 is 4. The molecule has 0 atom stereocenters. The topological polar surface area (TPSA) is 36.9 Å². The van der Waals surface area contributed by atoms with Gasteiger partial charge in [-0.05, 0) is 56.6 Å². The van der Waals surface area contributed by atoms with Gasteiger partial charge in [0.1, 0.15) is 23.0 Å². The minimum absolute atomic E-state index is 0.786. The second kappa shape index (κ2) is 15.7. The van der Waals surface area contributed by atoms with Gasteiger partial charge in [0.15, 0.2) is 0 Å². The fourth-order valence-electron chi connectivity index (χ4n) is 8.88.